The lowest BCUT2D eigenvalue weighted by atomic mass is 9.50. The maximum absolute atomic E-state index is 6.19. The summed E-state index contributed by atoms with van der Waals surface area (Å²) in [5, 5.41) is 3.32. The Bertz CT molecular complexity index is 463. The van der Waals surface area contributed by atoms with E-state index in [-0.39, 0.29) is 0 Å². The minimum atomic E-state index is 0.508. The number of benzene rings is 1. The number of ether oxygens (including phenoxy) is 1. The molecule has 0 unspecified atom stereocenters. The summed E-state index contributed by atoms with van der Waals surface area (Å²) in [6.07, 6.45) is 8.80. The van der Waals surface area contributed by atoms with Crippen LogP contribution in [0.2, 0.25) is 0 Å². The normalized spacial score (nSPS) is 36.7. The molecule has 0 aliphatic heterocycles. The van der Waals surface area contributed by atoms with Gasteiger partial charge in [0.2, 0.25) is 0 Å². The van der Waals surface area contributed by atoms with E-state index in [0.29, 0.717) is 5.41 Å². The molecule has 1 aromatic carbocycles. The van der Waals surface area contributed by atoms with Crippen molar-refractivity contribution in [3.8, 4) is 5.75 Å². The second kappa shape index (κ2) is 5.64. The van der Waals surface area contributed by atoms with E-state index >= 15 is 0 Å². The van der Waals surface area contributed by atoms with Gasteiger partial charge in [0.25, 0.3) is 0 Å². The SMILES string of the molecule is ICNc1ccc(OCC23CC4CC(CC(C4)C2)C3)cc1. The second-order valence-electron chi connectivity index (χ2n) is 7.54. The lowest BCUT2D eigenvalue weighted by Crippen LogP contribution is -2.48. The number of halogens is 1. The molecule has 0 saturated heterocycles. The van der Waals surface area contributed by atoms with Gasteiger partial charge in [0.05, 0.1) is 11.2 Å². The van der Waals surface area contributed by atoms with Crippen LogP contribution in [-0.2, 0) is 0 Å². The van der Waals surface area contributed by atoms with E-state index in [2.05, 4.69) is 52.2 Å². The van der Waals surface area contributed by atoms with E-state index in [1.807, 2.05) is 0 Å². The average molecular weight is 397 g/mol. The van der Waals surface area contributed by atoms with E-state index < -0.39 is 0 Å². The highest BCUT2D eigenvalue weighted by atomic mass is 127. The highest BCUT2D eigenvalue weighted by Crippen LogP contribution is 2.60. The van der Waals surface area contributed by atoms with Crippen LogP contribution in [0, 0.1) is 23.2 Å². The first kappa shape index (κ1) is 14.2. The van der Waals surface area contributed by atoms with Crippen LogP contribution in [-0.4, -0.2) is 11.2 Å². The Labute approximate surface area is 141 Å². The van der Waals surface area contributed by atoms with Gasteiger partial charge in [-0.15, -0.1) is 0 Å². The fourth-order valence-corrected chi connectivity index (χ4v) is 5.89. The van der Waals surface area contributed by atoms with Crippen molar-refractivity contribution in [2.45, 2.75) is 38.5 Å². The van der Waals surface area contributed by atoms with Gasteiger partial charge in [-0.2, -0.15) is 0 Å². The minimum Gasteiger partial charge on any atom is -0.493 e. The molecule has 0 amide bonds. The number of anilines is 1. The topological polar surface area (TPSA) is 21.3 Å². The van der Waals surface area contributed by atoms with Crippen LogP contribution in [0.25, 0.3) is 0 Å². The summed E-state index contributed by atoms with van der Waals surface area (Å²) in [6.45, 7) is 0.940. The number of hydrogen-bond donors (Lipinski definition) is 1. The van der Waals surface area contributed by atoms with Gasteiger partial charge in [-0.3, -0.25) is 0 Å². The standard InChI is InChI=1S/C18H24INO/c19-12-20-16-1-3-17(4-2-16)21-11-18-8-13-5-14(9-18)7-15(6-13)10-18/h1-4,13-15,20H,5-12H2. The summed E-state index contributed by atoms with van der Waals surface area (Å²) < 4.78 is 7.13. The number of alkyl halides is 1. The quantitative estimate of drug-likeness (QED) is 0.425. The molecule has 114 valence electrons. The van der Waals surface area contributed by atoms with Crippen LogP contribution >= 0.6 is 22.6 Å². The fourth-order valence-electron chi connectivity index (χ4n) is 5.45. The molecule has 21 heavy (non-hydrogen) atoms. The molecule has 4 fully saturated rings. The van der Waals surface area contributed by atoms with Crippen LogP contribution in [0.3, 0.4) is 0 Å². The van der Waals surface area contributed by atoms with Crippen molar-refractivity contribution in [2.24, 2.45) is 23.2 Å². The van der Waals surface area contributed by atoms with Crippen molar-refractivity contribution in [1.29, 1.82) is 0 Å². The Morgan fingerprint density at radius 3 is 2.10 bits per heavy atom. The van der Waals surface area contributed by atoms with Crippen LogP contribution in [0.5, 0.6) is 5.75 Å². The lowest BCUT2D eigenvalue weighted by molar-refractivity contribution is -0.0745. The fraction of sp³-hybridized carbons (Fsp3) is 0.667. The molecule has 4 bridgehead atoms. The summed E-state index contributed by atoms with van der Waals surface area (Å²) in [5.74, 6) is 4.06. The van der Waals surface area contributed by atoms with Gasteiger partial charge < -0.3 is 10.1 Å². The van der Waals surface area contributed by atoms with Crippen LogP contribution < -0.4 is 10.1 Å². The number of nitrogens with one attached hydrogen (secondary N) is 1. The third kappa shape index (κ3) is 2.90. The molecular formula is C18H24INO. The molecule has 0 aromatic heterocycles. The molecule has 2 nitrogen and oxygen atoms in total. The molecule has 0 atom stereocenters. The number of hydrogen-bond acceptors (Lipinski definition) is 2. The minimum absolute atomic E-state index is 0.508. The lowest BCUT2D eigenvalue weighted by Gasteiger charge is -2.56. The van der Waals surface area contributed by atoms with Gasteiger partial charge in [-0.1, -0.05) is 22.6 Å². The summed E-state index contributed by atoms with van der Waals surface area (Å²) in [6, 6.07) is 8.45. The molecule has 0 spiro atoms. The van der Waals surface area contributed by atoms with E-state index in [0.717, 1.165) is 34.7 Å². The molecule has 4 saturated carbocycles. The van der Waals surface area contributed by atoms with E-state index in [1.165, 1.54) is 44.2 Å². The van der Waals surface area contributed by atoms with Gasteiger partial charge in [-0.05, 0) is 80.5 Å². The van der Waals surface area contributed by atoms with Crippen molar-refractivity contribution < 1.29 is 4.74 Å². The molecule has 3 heteroatoms. The van der Waals surface area contributed by atoms with Gasteiger partial charge in [-0.25, -0.2) is 0 Å². The zero-order valence-electron chi connectivity index (χ0n) is 12.5. The first-order chi connectivity index (χ1) is 10.2. The van der Waals surface area contributed by atoms with Crippen LogP contribution in [0.15, 0.2) is 24.3 Å². The van der Waals surface area contributed by atoms with Crippen molar-refractivity contribution in [1.82, 2.24) is 0 Å². The van der Waals surface area contributed by atoms with Crippen molar-refractivity contribution in [3.05, 3.63) is 24.3 Å². The van der Waals surface area contributed by atoms with E-state index in [9.17, 15) is 0 Å². The zero-order valence-corrected chi connectivity index (χ0v) is 14.6. The molecule has 5 rings (SSSR count). The third-order valence-corrected chi connectivity index (χ3v) is 6.22. The molecule has 1 N–H and O–H groups in total. The Hall–Kier alpha value is -0.450. The monoisotopic (exact) mass is 397 g/mol. The Balaban J connectivity index is 1.40. The van der Waals surface area contributed by atoms with Gasteiger partial charge in [0.1, 0.15) is 5.75 Å². The number of rotatable bonds is 5. The largest absolute Gasteiger partial charge is 0.493 e. The first-order valence-corrected chi connectivity index (χ1v) is 9.80. The van der Waals surface area contributed by atoms with Gasteiger partial charge in [0, 0.05) is 11.1 Å². The molecule has 1 aromatic rings. The Morgan fingerprint density at radius 1 is 1.00 bits per heavy atom. The third-order valence-electron chi connectivity index (χ3n) is 5.84. The Kier molecular flexibility index (Phi) is 3.80. The van der Waals surface area contributed by atoms with E-state index in [4.69, 9.17) is 4.74 Å². The zero-order chi connectivity index (χ0) is 14.3. The first-order valence-electron chi connectivity index (χ1n) is 8.27. The average Bonchev–Trinajstić information content (AvgIpc) is 2.46. The predicted molar refractivity (Wildman–Crippen MR) is 95.1 cm³/mol. The maximum atomic E-state index is 6.19. The Morgan fingerprint density at radius 2 is 1.57 bits per heavy atom. The highest BCUT2D eigenvalue weighted by Gasteiger charge is 2.51. The molecule has 4 aliphatic carbocycles. The van der Waals surface area contributed by atoms with Crippen molar-refractivity contribution in [3.63, 3.8) is 0 Å². The predicted octanol–water partition coefficient (Wildman–Crippen LogP) is 5.09. The molecular weight excluding hydrogens is 373 g/mol. The summed E-state index contributed by atoms with van der Waals surface area (Å²) in [4.78, 5) is 0. The molecule has 0 heterocycles. The van der Waals surface area contributed by atoms with Crippen LogP contribution in [0.1, 0.15) is 38.5 Å². The molecule has 4 aliphatic rings. The molecule has 0 radical (unpaired) electrons. The smallest absolute Gasteiger partial charge is 0.119 e. The van der Waals surface area contributed by atoms with E-state index in [1.54, 1.807) is 0 Å². The van der Waals surface area contributed by atoms with Crippen molar-refractivity contribution in [2.75, 3.05) is 16.5 Å². The maximum Gasteiger partial charge on any atom is 0.119 e. The van der Waals surface area contributed by atoms with Gasteiger partial charge in [0.15, 0.2) is 0 Å². The van der Waals surface area contributed by atoms with Crippen LogP contribution in [0.4, 0.5) is 5.69 Å². The highest BCUT2D eigenvalue weighted by molar-refractivity contribution is 14.1. The summed E-state index contributed by atoms with van der Waals surface area (Å²) in [5.41, 5.74) is 1.68. The van der Waals surface area contributed by atoms with Gasteiger partial charge >= 0.3 is 0 Å². The summed E-state index contributed by atoms with van der Waals surface area (Å²) >= 11 is 2.32. The van der Waals surface area contributed by atoms with Crippen molar-refractivity contribution >= 4 is 28.3 Å². The second-order valence-corrected chi connectivity index (χ2v) is 8.30. The summed E-state index contributed by atoms with van der Waals surface area (Å²) in [7, 11) is 0.